The Hall–Kier alpha value is -1.83. The number of β-amino-alcohol motifs (C(OH)–C–C–N with tert-alkyl or cyclic N) is 1. The number of nitrogens with one attached hydrogen (secondary N) is 1. The maximum Gasteiger partial charge on any atom is 0.260 e. The van der Waals surface area contributed by atoms with E-state index in [9.17, 15) is 19.8 Å². The van der Waals surface area contributed by atoms with Gasteiger partial charge in [-0.15, -0.1) is 0 Å². The predicted molar refractivity (Wildman–Crippen MR) is 87.8 cm³/mol. The van der Waals surface area contributed by atoms with E-state index in [-0.39, 0.29) is 44.5 Å². The van der Waals surface area contributed by atoms with Gasteiger partial charge in [0.05, 0.1) is 5.02 Å². The second-order valence-corrected chi connectivity index (χ2v) is 6.25. The molecule has 0 unspecified atom stereocenters. The average Bonchev–Trinajstić information content (AvgIpc) is 2.55. The fourth-order valence-corrected chi connectivity index (χ4v) is 2.66. The van der Waals surface area contributed by atoms with E-state index in [4.69, 9.17) is 16.3 Å². The van der Waals surface area contributed by atoms with Gasteiger partial charge in [0.2, 0.25) is 5.91 Å². The summed E-state index contributed by atoms with van der Waals surface area (Å²) in [6, 6.07) is 6.83. The van der Waals surface area contributed by atoms with Crippen LogP contribution in [0.4, 0.5) is 0 Å². The van der Waals surface area contributed by atoms with Crippen molar-refractivity contribution in [1.29, 1.82) is 0 Å². The van der Waals surface area contributed by atoms with E-state index in [0.29, 0.717) is 10.8 Å². The molecule has 132 valence electrons. The summed E-state index contributed by atoms with van der Waals surface area (Å²) in [7, 11) is 0. The second-order valence-electron chi connectivity index (χ2n) is 5.84. The number of halogens is 1. The summed E-state index contributed by atoms with van der Waals surface area (Å²) in [6.45, 7) is 1.31. The number of ether oxygens (including phenoxy) is 1. The summed E-state index contributed by atoms with van der Waals surface area (Å²) in [6.07, 6.45) is -0.992. The number of hydrogen-bond donors (Lipinski definition) is 3. The third-order valence-electron chi connectivity index (χ3n) is 4.01. The summed E-state index contributed by atoms with van der Waals surface area (Å²) in [5.41, 5.74) is -1.44. The van der Waals surface area contributed by atoms with Crippen molar-refractivity contribution in [2.24, 2.45) is 0 Å². The standard InChI is InChI=1S/C16H21ClN2O5/c1-11(20)18-10-16(23)6-7-19(8-14(16)21)15(22)9-24-13-5-3-2-4-12(13)17/h2-5,14,21,23H,6-10H2,1H3,(H,18,20)/t14-,16-/m1/s1. The van der Waals surface area contributed by atoms with E-state index in [1.54, 1.807) is 24.3 Å². The molecular formula is C16H21ClN2O5. The van der Waals surface area contributed by atoms with Gasteiger partial charge in [-0.05, 0) is 18.6 Å². The lowest BCUT2D eigenvalue weighted by atomic mass is 9.88. The molecule has 7 nitrogen and oxygen atoms in total. The quantitative estimate of drug-likeness (QED) is 0.699. The van der Waals surface area contributed by atoms with Crippen LogP contribution in [-0.4, -0.2) is 64.9 Å². The highest BCUT2D eigenvalue weighted by atomic mass is 35.5. The number of rotatable bonds is 5. The zero-order chi connectivity index (χ0) is 17.7. The summed E-state index contributed by atoms with van der Waals surface area (Å²) in [4.78, 5) is 24.6. The molecule has 1 saturated heterocycles. The maximum atomic E-state index is 12.2. The Bertz CT molecular complexity index is 612. The van der Waals surface area contributed by atoms with E-state index < -0.39 is 11.7 Å². The molecule has 0 aliphatic carbocycles. The Morgan fingerprint density at radius 2 is 2.17 bits per heavy atom. The number of carbonyl (C=O) groups is 2. The topological polar surface area (TPSA) is 99.1 Å². The van der Waals surface area contributed by atoms with Crippen LogP contribution < -0.4 is 10.1 Å². The van der Waals surface area contributed by atoms with Crippen LogP contribution in [0.15, 0.2) is 24.3 Å². The molecule has 8 heteroatoms. The molecule has 1 heterocycles. The average molecular weight is 357 g/mol. The van der Waals surface area contributed by atoms with Crippen LogP contribution in [0.25, 0.3) is 0 Å². The molecular weight excluding hydrogens is 336 g/mol. The predicted octanol–water partition coefficient (Wildman–Crippen LogP) is 0.179. The van der Waals surface area contributed by atoms with Crippen LogP contribution in [0.2, 0.25) is 5.02 Å². The van der Waals surface area contributed by atoms with Crippen molar-refractivity contribution < 1.29 is 24.5 Å². The molecule has 0 aromatic heterocycles. The van der Waals surface area contributed by atoms with Gasteiger partial charge in [-0.3, -0.25) is 9.59 Å². The Kier molecular flexibility index (Phi) is 6.04. The first-order valence-corrected chi connectivity index (χ1v) is 7.99. The molecule has 1 aliphatic heterocycles. The highest BCUT2D eigenvalue weighted by Gasteiger charge is 2.41. The highest BCUT2D eigenvalue weighted by molar-refractivity contribution is 6.32. The largest absolute Gasteiger partial charge is 0.482 e. The van der Waals surface area contributed by atoms with E-state index in [1.165, 1.54) is 11.8 Å². The van der Waals surface area contributed by atoms with Crippen molar-refractivity contribution >= 4 is 23.4 Å². The first kappa shape index (κ1) is 18.5. The van der Waals surface area contributed by atoms with Gasteiger partial charge in [0, 0.05) is 26.6 Å². The number of likely N-dealkylation sites (tertiary alicyclic amines) is 1. The number of nitrogens with zero attached hydrogens (tertiary/aromatic N) is 1. The molecule has 1 aromatic carbocycles. The van der Waals surface area contributed by atoms with E-state index in [1.807, 2.05) is 0 Å². The first-order valence-electron chi connectivity index (χ1n) is 7.62. The molecule has 1 aromatic rings. The SMILES string of the molecule is CC(=O)NC[C@]1(O)CCN(C(=O)COc2ccccc2Cl)C[C@H]1O. The zero-order valence-electron chi connectivity index (χ0n) is 13.4. The molecule has 2 rings (SSSR count). The third-order valence-corrected chi connectivity index (χ3v) is 4.32. The molecule has 0 radical (unpaired) electrons. The van der Waals surface area contributed by atoms with Crippen LogP contribution in [0, 0.1) is 0 Å². The van der Waals surface area contributed by atoms with Crippen LogP contribution in [0.1, 0.15) is 13.3 Å². The molecule has 3 N–H and O–H groups in total. The molecule has 0 saturated carbocycles. The normalized spacial score (nSPS) is 23.7. The minimum absolute atomic E-state index is 0.0270. The number of para-hydroxylation sites is 1. The van der Waals surface area contributed by atoms with Gasteiger partial charge >= 0.3 is 0 Å². The lowest BCUT2D eigenvalue weighted by molar-refractivity contribution is -0.151. The summed E-state index contributed by atoms with van der Waals surface area (Å²) in [5.74, 6) is -0.190. The Morgan fingerprint density at radius 1 is 1.46 bits per heavy atom. The molecule has 24 heavy (non-hydrogen) atoms. The zero-order valence-corrected chi connectivity index (χ0v) is 14.1. The smallest absolute Gasteiger partial charge is 0.260 e. The van der Waals surface area contributed by atoms with Crippen LogP contribution in [0.3, 0.4) is 0 Å². The van der Waals surface area contributed by atoms with Crippen LogP contribution in [-0.2, 0) is 9.59 Å². The summed E-state index contributed by atoms with van der Waals surface area (Å²) in [5, 5.41) is 23.4. The maximum absolute atomic E-state index is 12.2. The fourth-order valence-electron chi connectivity index (χ4n) is 2.47. The van der Waals surface area contributed by atoms with Crippen molar-refractivity contribution in [2.45, 2.75) is 25.0 Å². The van der Waals surface area contributed by atoms with E-state index >= 15 is 0 Å². The Labute approximate surface area is 145 Å². The van der Waals surface area contributed by atoms with E-state index in [2.05, 4.69) is 5.32 Å². The van der Waals surface area contributed by atoms with Gasteiger partial charge in [-0.2, -0.15) is 0 Å². The van der Waals surface area contributed by atoms with Crippen molar-refractivity contribution in [3.8, 4) is 5.75 Å². The number of amides is 2. The van der Waals surface area contributed by atoms with Crippen molar-refractivity contribution in [3.63, 3.8) is 0 Å². The molecule has 2 atom stereocenters. The summed E-state index contributed by atoms with van der Waals surface area (Å²) < 4.78 is 5.39. The lowest BCUT2D eigenvalue weighted by Crippen LogP contribution is -2.61. The van der Waals surface area contributed by atoms with Gasteiger partial charge in [0.15, 0.2) is 6.61 Å². The van der Waals surface area contributed by atoms with Crippen molar-refractivity contribution in [1.82, 2.24) is 10.2 Å². The molecule has 1 aliphatic rings. The van der Waals surface area contributed by atoms with Gasteiger partial charge in [0.25, 0.3) is 5.91 Å². The van der Waals surface area contributed by atoms with Gasteiger partial charge in [-0.1, -0.05) is 23.7 Å². The minimum atomic E-state index is -1.44. The van der Waals surface area contributed by atoms with Crippen molar-refractivity contribution in [2.75, 3.05) is 26.2 Å². The number of aliphatic hydroxyl groups excluding tert-OH is 1. The fraction of sp³-hybridized carbons (Fsp3) is 0.500. The molecule has 0 spiro atoms. The number of carbonyl (C=O) groups excluding carboxylic acids is 2. The van der Waals surface area contributed by atoms with Crippen molar-refractivity contribution in [3.05, 3.63) is 29.3 Å². The van der Waals surface area contributed by atoms with Crippen LogP contribution in [0.5, 0.6) is 5.75 Å². The Morgan fingerprint density at radius 3 is 2.79 bits per heavy atom. The first-order chi connectivity index (χ1) is 11.3. The van der Waals surface area contributed by atoms with E-state index in [0.717, 1.165) is 0 Å². The minimum Gasteiger partial charge on any atom is -0.482 e. The molecule has 1 fully saturated rings. The monoisotopic (exact) mass is 356 g/mol. The number of hydrogen-bond acceptors (Lipinski definition) is 5. The number of piperidine rings is 1. The van der Waals surface area contributed by atoms with Gasteiger partial charge < -0.3 is 25.2 Å². The molecule has 0 bridgehead atoms. The number of benzene rings is 1. The highest BCUT2D eigenvalue weighted by Crippen LogP contribution is 2.24. The lowest BCUT2D eigenvalue weighted by Gasteiger charge is -2.42. The van der Waals surface area contributed by atoms with Gasteiger partial charge in [-0.25, -0.2) is 0 Å². The second kappa shape index (κ2) is 7.83. The Balaban J connectivity index is 1.87. The molecule has 2 amide bonds. The van der Waals surface area contributed by atoms with Crippen LogP contribution >= 0.6 is 11.6 Å². The third kappa shape index (κ3) is 4.59. The van der Waals surface area contributed by atoms with Gasteiger partial charge in [0.1, 0.15) is 17.5 Å². The summed E-state index contributed by atoms with van der Waals surface area (Å²) >= 11 is 5.96. The number of aliphatic hydroxyl groups is 2.